The number of anilines is 3. The van der Waals surface area contributed by atoms with E-state index in [0.29, 0.717) is 30.3 Å². The van der Waals surface area contributed by atoms with E-state index in [1.807, 2.05) is 31.2 Å². The maximum absolute atomic E-state index is 12.3. The van der Waals surface area contributed by atoms with E-state index in [1.165, 1.54) is 0 Å². The lowest BCUT2D eigenvalue weighted by Gasteiger charge is -2.14. The number of benzene rings is 2. The Labute approximate surface area is 166 Å². The predicted octanol–water partition coefficient (Wildman–Crippen LogP) is 4.51. The number of para-hydroxylation sites is 2. The minimum Gasteiger partial charge on any atom is -0.491 e. The van der Waals surface area contributed by atoms with Gasteiger partial charge in [0, 0.05) is 17.8 Å². The van der Waals surface area contributed by atoms with Crippen molar-refractivity contribution in [2.45, 2.75) is 33.6 Å². The first-order valence-electron chi connectivity index (χ1n) is 9.63. The summed E-state index contributed by atoms with van der Waals surface area (Å²) in [5.41, 5.74) is 2.07. The molecule has 6 heteroatoms. The van der Waals surface area contributed by atoms with Crippen LogP contribution in [0.5, 0.6) is 5.75 Å². The van der Waals surface area contributed by atoms with Crippen LogP contribution in [0.3, 0.4) is 0 Å². The van der Waals surface area contributed by atoms with Gasteiger partial charge >= 0.3 is 0 Å². The van der Waals surface area contributed by atoms with Crippen molar-refractivity contribution in [2.24, 2.45) is 5.92 Å². The molecule has 2 aromatic rings. The SMILES string of the molecule is CCCC(=O)Nc1cccc(NC(=O)CNc2ccccc2OCC(C)C)c1. The van der Waals surface area contributed by atoms with Gasteiger partial charge in [-0.1, -0.05) is 39.0 Å². The first-order valence-corrected chi connectivity index (χ1v) is 9.63. The van der Waals surface area contributed by atoms with Gasteiger partial charge in [-0.15, -0.1) is 0 Å². The third-order valence-corrected chi connectivity index (χ3v) is 3.81. The number of ether oxygens (including phenoxy) is 1. The van der Waals surface area contributed by atoms with Crippen molar-refractivity contribution in [3.8, 4) is 5.75 Å². The summed E-state index contributed by atoms with van der Waals surface area (Å²) in [5.74, 6) is 0.924. The van der Waals surface area contributed by atoms with Crippen molar-refractivity contribution in [1.29, 1.82) is 0 Å². The van der Waals surface area contributed by atoms with Crippen LogP contribution in [-0.2, 0) is 9.59 Å². The molecule has 0 unspecified atom stereocenters. The van der Waals surface area contributed by atoms with Crippen molar-refractivity contribution in [3.63, 3.8) is 0 Å². The van der Waals surface area contributed by atoms with Gasteiger partial charge in [-0.25, -0.2) is 0 Å². The minimum atomic E-state index is -0.185. The van der Waals surface area contributed by atoms with E-state index in [9.17, 15) is 9.59 Å². The van der Waals surface area contributed by atoms with Crippen molar-refractivity contribution < 1.29 is 14.3 Å². The second kappa shape index (κ2) is 11.0. The summed E-state index contributed by atoms with van der Waals surface area (Å²) in [6.45, 7) is 6.84. The molecule has 0 aliphatic rings. The van der Waals surface area contributed by atoms with E-state index < -0.39 is 0 Å². The zero-order chi connectivity index (χ0) is 20.4. The van der Waals surface area contributed by atoms with Gasteiger partial charge in [-0.2, -0.15) is 0 Å². The molecule has 2 amide bonds. The van der Waals surface area contributed by atoms with Crippen LogP contribution in [0.15, 0.2) is 48.5 Å². The normalized spacial score (nSPS) is 10.4. The van der Waals surface area contributed by atoms with E-state index in [-0.39, 0.29) is 18.4 Å². The van der Waals surface area contributed by atoms with Gasteiger partial charge in [0.15, 0.2) is 0 Å². The topological polar surface area (TPSA) is 79.5 Å². The van der Waals surface area contributed by atoms with Crippen LogP contribution < -0.4 is 20.7 Å². The second-order valence-corrected chi connectivity index (χ2v) is 6.98. The Morgan fingerprint density at radius 3 is 2.32 bits per heavy atom. The molecule has 0 aliphatic carbocycles. The van der Waals surface area contributed by atoms with Gasteiger partial charge in [0.1, 0.15) is 5.75 Å². The molecule has 2 aromatic carbocycles. The monoisotopic (exact) mass is 383 g/mol. The molecule has 0 aliphatic heterocycles. The number of hydrogen-bond donors (Lipinski definition) is 3. The fourth-order valence-electron chi connectivity index (χ4n) is 2.50. The number of carbonyl (C=O) groups excluding carboxylic acids is 2. The van der Waals surface area contributed by atoms with E-state index in [4.69, 9.17) is 4.74 Å². The Morgan fingerprint density at radius 2 is 1.64 bits per heavy atom. The van der Waals surface area contributed by atoms with E-state index in [2.05, 4.69) is 29.8 Å². The molecule has 0 saturated carbocycles. The highest BCUT2D eigenvalue weighted by atomic mass is 16.5. The zero-order valence-electron chi connectivity index (χ0n) is 16.7. The molecular weight excluding hydrogens is 354 g/mol. The van der Waals surface area contributed by atoms with Crippen LogP contribution in [-0.4, -0.2) is 25.0 Å². The van der Waals surface area contributed by atoms with Gasteiger partial charge in [0.25, 0.3) is 0 Å². The van der Waals surface area contributed by atoms with E-state index in [1.54, 1.807) is 24.3 Å². The number of hydrogen-bond acceptors (Lipinski definition) is 4. The first kappa shape index (κ1) is 21.3. The Kier molecular flexibility index (Phi) is 8.34. The standard InChI is InChI=1S/C22H29N3O3/c1-4-8-21(26)24-17-9-7-10-18(13-17)25-22(27)14-23-19-11-5-6-12-20(19)28-15-16(2)3/h5-7,9-13,16,23H,4,8,14-15H2,1-3H3,(H,24,26)(H,25,27). The van der Waals surface area contributed by atoms with Gasteiger partial charge in [0.2, 0.25) is 11.8 Å². The van der Waals surface area contributed by atoms with Crippen LogP contribution in [0.1, 0.15) is 33.6 Å². The smallest absolute Gasteiger partial charge is 0.243 e. The molecule has 0 aromatic heterocycles. The Morgan fingerprint density at radius 1 is 0.964 bits per heavy atom. The molecule has 0 spiro atoms. The van der Waals surface area contributed by atoms with Gasteiger partial charge in [-0.3, -0.25) is 9.59 Å². The lowest BCUT2D eigenvalue weighted by molar-refractivity contribution is -0.116. The van der Waals surface area contributed by atoms with Crippen LogP contribution in [0.25, 0.3) is 0 Å². The van der Waals surface area contributed by atoms with Crippen molar-refractivity contribution in [3.05, 3.63) is 48.5 Å². The Bertz CT molecular complexity index is 790. The molecule has 0 atom stereocenters. The molecule has 150 valence electrons. The van der Waals surface area contributed by atoms with E-state index >= 15 is 0 Å². The van der Waals surface area contributed by atoms with Gasteiger partial charge in [-0.05, 0) is 42.7 Å². The summed E-state index contributed by atoms with van der Waals surface area (Å²) in [7, 11) is 0. The van der Waals surface area contributed by atoms with Crippen LogP contribution in [0, 0.1) is 5.92 Å². The molecule has 2 rings (SSSR count). The largest absolute Gasteiger partial charge is 0.491 e. The molecule has 0 fully saturated rings. The molecule has 0 bridgehead atoms. The van der Waals surface area contributed by atoms with Crippen molar-refractivity contribution in [1.82, 2.24) is 0 Å². The second-order valence-electron chi connectivity index (χ2n) is 6.98. The molecule has 0 saturated heterocycles. The molecule has 0 radical (unpaired) electrons. The summed E-state index contributed by atoms with van der Waals surface area (Å²) in [4.78, 5) is 24.0. The molecular formula is C22H29N3O3. The van der Waals surface area contributed by atoms with Gasteiger partial charge < -0.3 is 20.7 Å². The summed E-state index contributed by atoms with van der Waals surface area (Å²) in [6, 6.07) is 14.7. The number of nitrogens with one attached hydrogen (secondary N) is 3. The Hall–Kier alpha value is -3.02. The summed E-state index contributed by atoms with van der Waals surface area (Å²) in [6.07, 6.45) is 1.26. The third-order valence-electron chi connectivity index (χ3n) is 3.81. The van der Waals surface area contributed by atoms with Crippen LogP contribution in [0.2, 0.25) is 0 Å². The summed E-state index contributed by atoms with van der Waals surface area (Å²) >= 11 is 0. The first-order chi connectivity index (χ1) is 13.5. The lowest BCUT2D eigenvalue weighted by atomic mass is 10.2. The number of amides is 2. The van der Waals surface area contributed by atoms with Crippen molar-refractivity contribution in [2.75, 3.05) is 29.1 Å². The fraction of sp³-hybridized carbons (Fsp3) is 0.364. The molecule has 6 nitrogen and oxygen atoms in total. The number of carbonyl (C=O) groups is 2. The molecule has 3 N–H and O–H groups in total. The number of rotatable bonds is 10. The minimum absolute atomic E-state index is 0.0364. The van der Waals surface area contributed by atoms with Crippen LogP contribution in [0.4, 0.5) is 17.1 Å². The van der Waals surface area contributed by atoms with Gasteiger partial charge in [0.05, 0.1) is 18.8 Å². The third kappa shape index (κ3) is 7.31. The maximum atomic E-state index is 12.3. The fourth-order valence-corrected chi connectivity index (χ4v) is 2.50. The zero-order valence-corrected chi connectivity index (χ0v) is 16.7. The predicted molar refractivity (Wildman–Crippen MR) is 114 cm³/mol. The highest BCUT2D eigenvalue weighted by molar-refractivity contribution is 5.95. The maximum Gasteiger partial charge on any atom is 0.243 e. The molecule has 28 heavy (non-hydrogen) atoms. The lowest BCUT2D eigenvalue weighted by Crippen LogP contribution is -2.22. The van der Waals surface area contributed by atoms with Crippen molar-refractivity contribution >= 4 is 28.9 Å². The summed E-state index contributed by atoms with van der Waals surface area (Å²) < 4.78 is 5.79. The Balaban J connectivity index is 1.90. The average molecular weight is 383 g/mol. The highest BCUT2D eigenvalue weighted by Gasteiger charge is 2.08. The van der Waals surface area contributed by atoms with Crippen LogP contribution >= 0.6 is 0 Å². The molecule has 0 heterocycles. The van der Waals surface area contributed by atoms with E-state index in [0.717, 1.165) is 17.9 Å². The highest BCUT2D eigenvalue weighted by Crippen LogP contribution is 2.24. The quantitative estimate of drug-likeness (QED) is 0.564. The summed E-state index contributed by atoms with van der Waals surface area (Å²) in [5, 5.41) is 8.77. The average Bonchev–Trinajstić information content (AvgIpc) is 2.65.